The van der Waals surface area contributed by atoms with Crippen LogP contribution in [0, 0.1) is 0 Å². The fourth-order valence-electron chi connectivity index (χ4n) is 3.46. The van der Waals surface area contributed by atoms with Crippen LogP contribution in [-0.2, 0) is 13.0 Å². The van der Waals surface area contributed by atoms with E-state index in [1.807, 2.05) is 67.5 Å². The Morgan fingerprint density at radius 1 is 1.07 bits per heavy atom. The first-order chi connectivity index (χ1) is 13.1. The maximum atomic E-state index is 12.7. The lowest BCUT2D eigenvalue weighted by atomic mass is 10.1. The van der Waals surface area contributed by atoms with Crippen LogP contribution in [0.5, 0.6) is 0 Å². The molecule has 1 aromatic heterocycles. The van der Waals surface area contributed by atoms with E-state index < -0.39 is 0 Å². The number of para-hydroxylation sites is 1. The number of aryl methyl sites for hydroxylation is 2. The van der Waals surface area contributed by atoms with E-state index >= 15 is 0 Å². The molecule has 4 rings (SSSR count). The average Bonchev–Trinajstić information content (AvgIpc) is 3.12. The summed E-state index contributed by atoms with van der Waals surface area (Å²) in [5.74, 6) is 1.02. The number of nitrogens with zero attached hydrogens (tertiary/aromatic N) is 3. The summed E-state index contributed by atoms with van der Waals surface area (Å²) in [6.07, 6.45) is 5.51. The van der Waals surface area contributed by atoms with E-state index in [9.17, 15) is 4.79 Å². The molecule has 0 saturated carbocycles. The van der Waals surface area contributed by atoms with Gasteiger partial charge in [0.1, 0.15) is 5.82 Å². The molecule has 2 heterocycles. The first kappa shape index (κ1) is 17.3. The fraction of sp³-hybridized carbons (Fsp3) is 0.273. The van der Waals surface area contributed by atoms with Crippen molar-refractivity contribution in [2.24, 2.45) is 0 Å². The van der Waals surface area contributed by atoms with Gasteiger partial charge in [-0.2, -0.15) is 0 Å². The first-order valence-electron chi connectivity index (χ1n) is 9.36. The smallest absolute Gasteiger partial charge is 0.255 e. The third-order valence-electron chi connectivity index (χ3n) is 5.01. The minimum absolute atomic E-state index is 0.114. The van der Waals surface area contributed by atoms with E-state index in [2.05, 4.69) is 16.1 Å². The van der Waals surface area contributed by atoms with Gasteiger partial charge in [-0.3, -0.25) is 4.79 Å². The number of hydrogen-bond acceptors (Lipinski definition) is 3. The quantitative estimate of drug-likeness (QED) is 0.758. The summed E-state index contributed by atoms with van der Waals surface area (Å²) in [5, 5.41) is 3.05. The lowest BCUT2D eigenvalue weighted by molar-refractivity contribution is 0.102. The minimum atomic E-state index is -0.114. The summed E-state index contributed by atoms with van der Waals surface area (Å²) in [4.78, 5) is 19.5. The largest absolute Gasteiger partial charge is 0.378 e. The van der Waals surface area contributed by atoms with E-state index in [0.29, 0.717) is 5.56 Å². The number of imidazole rings is 1. The second-order valence-electron chi connectivity index (χ2n) is 7.13. The van der Waals surface area contributed by atoms with Gasteiger partial charge in [0, 0.05) is 50.1 Å². The number of nitrogens with one attached hydrogen (secondary N) is 1. The highest BCUT2D eigenvalue weighted by atomic mass is 16.1. The van der Waals surface area contributed by atoms with Crippen LogP contribution in [0.1, 0.15) is 29.0 Å². The molecule has 27 heavy (non-hydrogen) atoms. The number of amides is 1. The van der Waals surface area contributed by atoms with Gasteiger partial charge in [0.15, 0.2) is 0 Å². The minimum Gasteiger partial charge on any atom is -0.378 e. The molecule has 0 spiro atoms. The van der Waals surface area contributed by atoms with Crippen molar-refractivity contribution in [1.82, 2.24) is 9.55 Å². The van der Waals surface area contributed by atoms with Crippen LogP contribution in [0.2, 0.25) is 0 Å². The van der Waals surface area contributed by atoms with Crippen LogP contribution >= 0.6 is 0 Å². The van der Waals surface area contributed by atoms with Crippen LogP contribution < -0.4 is 10.2 Å². The van der Waals surface area contributed by atoms with Crippen molar-refractivity contribution in [2.75, 3.05) is 24.3 Å². The van der Waals surface area contributed by atoms with E-state index in [1.165, 1.54) is 12.8 Å². The van der Waals surface area contributed by atoms with Crippen LogP contribution in [0.3, 0.4) is 0 Å². The van der Waals surface area contributed by atoms with Crippen molar-refractivity contribution in [2.45, 2.75) is 25.8 Å². The van der Waals surface area contributed by atoms with Gasteiger partial charge < -0.3 is 14.8 Å². The number of rotatable bonds is 4. The molecule has 1 amide bonds. The normalized spacial score (nSPS) is 13.1. The predicted octanol–water partition coefficient (Wildman–Crippen LogP) is 4.20. The van der Waals surface area contributed by atoms with Gasteiger partial charge in [-0.05, 0) is 43.2 Å². The Balaban J connectivity index is 1.59. The molecule has 0 saturated heterocycles. The molecule has 0 bridgehead atoms. The molecule has 1 aliphatic rings. The number of carbonyl (C=O) groups excluding carboxylic acids is 1. The van der Waals surface area contributed by atoms with Crippen LogP contribution in [-0.4, -0.2) is 29.6 Å². The van der Waals surface area contributed by atoms with Crippen molar-refractivity contribution in [3.8, 4) is 11.3 Å². The maximum Gasteiger partial charge on any atom is 0.255 e. The highest BCUT2D eigenvalue weighted by molar-refractivity contribution is 6.06. The first-order valence-corrected chi connectivity index (χ1v) is 9.36. The number of carbonyl (C=O) groups is 1. The number of fused-ring (bicyclic) bond motifs is 1. The van der Waals surface area contributed by atoms with E-state index in [-0.39, 0.29) is 5.91 Å². The molecule has 1 N–H and O–H groups in total. The Morgan fingerprint density at radius 2 is 1.85 bits per heavy atom. The SMILES string of the molecule is CN(C)c1ccc(C(=O)Nc2ccccc2-c2cn3c(n2)CCCC3)cc1. The van der Waals surface area contributed by atoms with Gasteiger partial charge in [-0.1, -0.05) is 18.2 Å². The Bertz CT molecular complexity index is 933. The van der Waals surface area contributed by atoms with Crippen molar-refractivity contribution in [3.05, 3.63) is 66.1 Å². The molecule has 5 heteroatoms. The standard InChI is InChI=1S/C22H24N4O/c1-25(2)17-12-10-16(11-13-17)22(27)24-19-8-4-3-7-18(19)20-15-26-14-6-5-9-21(26)23-20/h3-4,7-8,10-13,15H,5-6,9,14H2,1-2H3,(H,24,27). The van der Waals surface area contributed by atoms with Crippen LogP contribution in [0.15, 0.2) is 54.7 Å². The van der Waals surface area contributed by atoms with Gasteiger partial charge in [0.05, 0.1) is 11.4 Å². The van der Waals surface area contributed by atoms with E-state index in [4.69, 9.17) is 4.98 Å². The second kappa shape index (κ2) is 7.27. The van der Waals surface area contributed by atoms with E-state index in [0.717, 1.165) is 41.4 Å². The molecule has 0 atom stereocenters. The Kier molecular flexibility index (Phi) is 4.67. The molecule has 0 aliphatic carbocycles. The predicted molar refractivity (Wildman–Crippen MR) is 109 cm³/mol. The Morgan fingerprint density at radius 3 is 2.59 bits per heavy atom. The molecule has 0 unspecified atom stereocenters. The summed E-state index contributed by atoms with van der Waals surface area (Å²) in [7, 11) is 3.96. The van der Waals surface area contributed by atoms with Gasteiger partial charge >= 0.3 is 0 Å². The maximum absolute atomic E-state index is 12.7. The summed E-state index contributed by atoms with van der Waals surface area (Å²) in [5.41, 5.74) is 4.37. The molecule has 2 aromatic carbocycles. The monoisotopic (exact) mass is 360 g/mol. The zero-order valence-corrected chi connectivity index (χ0v) is 15.8. The summed E-state index contributed by atoms with van der Waals surface area (Å²) < 4.78 is 2.23. The molecular formula is C22H24N4O. The average molecular weight is 360 g/mol. The van der Waals surface area contributed by atoms with E-state index in [1.54, 1.807) is 0 Å². The molecule has 1 aliphatic heterocycles. The summed E-state index contributed by atoms with van der Waals surface area (Å²) in [6.45, 7) is 1.02. The van der Waals surface area contributed by atoms with Gasteiger partial charge in [0.25, 0.3) is 5.91 Å². The molecule has 3 aromatic rings. The number of anilines is 2. The molecule has 0 fully saturated rings. The summed E-state index contributed by atoms with van der Waals surface area (Å²) >= 11 is 0. The Hall–Kier alpha value is -3.08. The number of benzene rings is 2. The van der Waals surface area contributed by atoms with Crippen molar-refractivity contribution in [3.63, 3.8) is 0 Å². The van der Waals surface area contributed by atoms with Crippen molar-refractivity contribution in [1.29, 1.82) is 0 Å². The Labute approximate surface area is 159 Å². The third kappa shape index (κ3) is 3.58. The van der Waals surface area contributed by atoms with Crippen molar-refractivity contribution < 1.29 is 4.79 Å². The van der Waals surface area contributed by atoms with Gasteiger partial charge in [-0.25, -0.2) is 4.98 Å². The van der Waals surface area contributed by atoms with Crippen molar-refractivity contribution >= 4 is 17.3 Å². The molecule has 0 radical (unpaired) electrons. The van der Waals surface area contributed by atoms with Crippen LogP contribution in [0.4, 0.5) is 11.4 Å². The molecule has 5 nitrogen and oxygen atoms in total. The zero-order chi connectivity index (χ0) is 18.8. The molecular weight excluding hydrogens is 336 g/mol. The topological polar surface area (TPSA) is 50.2 Å². The zero-order valence-electron chi connectivity index (χ0n) is 15.8. The van der Waals surface area contributed by atoms with Gasteiger partial charge in [0.2, 0.25) is 0 Å². The third-order valence-corrected chi connectivity index (χ3v) is 5.01. The fourth-order valence-corrected chi connectivity index (χ4v) is 3.46. The number of aromatic nitrogens is 2. The number of hydrogen-bond donors (Lipinski definition) is 1. The highest BCUT2D eigenvalue weighted by Gasteiger charge is 2.16. The second-order valence-corrected chi connectivity index (χ2v) is 7.13. The lowest BCUT2D eigenvalue weighted by Gasteiger charge is -2.13. The van der Waals surface area contributed by atoms with Crippen LogP contribution in [0.25, 0.3) is 11.3 Å². The molecule has 138 valence electrons. The highest BCUT2D eigenvalue weighted by Crippen LogP contribution is 2.29. The summed E-state index contributed by atoms with van der Waals surface area (Å²) in [6, 6.07) is 15.5. The lowest BCUT2D eigenvalue weighted by Crippen LogP contribution is -2.13. The van der Waals surface area contributed by atoms with Gasteiger partial charge in [-0.15, -0.1) is 0 Å².